The number of carboxylic acid groups (broad SMARTS) is 1. The molecule has 0 aliphatic heterocycles. The number of hydrogen-bond donors (Lipinski definition) is 2. The second-order valence-electron chi connectivity index (χ2n) is 6.12. The van der Waals surface area contributed by atoms with Gasteiger partial charge in [-0.1, -0.05) is 69.7 Å². The topological polar surface area (TPSA) is 80.4 Å². The molecular weight excluding hydrogens is 290 g/mol. The molecule has 0 aromatic heterocycles. The molecule has 0 aliphatic rings. The number of unbranched alkanes of at least 4 members (excludes halogenated alkanes) is 5. The lowest BCUT2D eigenvalue weighted by Crippen LogP contribution is -2.30. The molecule has 0 saturated heterocycles. The minimum absolute atomic E-state index is 0.0247. The van der Waals surface area contributed by atoms with Crippen molar-refractivity contribution < 1.29 is 14.7 Å². The Morgan fingerprint density at radius 2 is 1.65 bits per heavy atom. The number of Topliss-reactive ketones (excluding diaryl/α,β-unsaturated/α-hetero) is 1. The van der Waals surface area contributed by atoms with Gasteiger partial charge in [0, 0.05) is 12.0 Å². The summed E-state index contributed by atoms with van der Waals surface area (Å²) in [5.74, 6) is -0.838. The minimum Gasteiger partial charge on any atom is -0.481 e. The van der Waals surface area contributed by atoms with E-state index in [4.69, 9.17) is 10.8 Å². The second-order valence-corrected chi connectivity index (χ2v) is 6.12. The molecule has 0 saturated carbocycles. The Labute approximate surface area is 139 Å². The summed E-state index contributed by atoms with van der Waals surface area (Å²) in [5, 5.41) is 8.67. The van der Waals surface area contributed by atoms with E-state index in [0.29, 0.717) is 12.0 Å². The van der Waals surface area contributed by atoms with Gasteiger partial charge in [0.15, 0.2) is 5.78 Å². The molecule has 4 nitrogen and oxygen atoms in total. The lowest BCUT2D eigenvalue weighted by Gasteiger charge is -2.11. The average molecular weight is 319 g/mol. The monoisotopic (exact) mass is 319 g/mol. The van der Waals surface area contributed by atoms with E-state index >= 15 is 0 Å². The first-order valence-electron chi connectivity index (χ1n) is 8.65. The first-order chi connectivity index (χ1) is 11.0. The molecule has 0 spiro atoms. The van der Waals surface area contributed by atoms with Crippen molar-refractivity contribution in [2.24, 2.45) is 5.73 Å². The van der Waals surface area contributed by atoms with Gasteiger partial charge in [-0.25, -0.2) is 0 Å². The Balaban J connectivity index is 2.36. The summed E-state index contributed by atoms with van der Waals surface area (Å²) in [6, 6.07) is 6.69. The molecule has 128 valence electrons. The number of carbonyl (C=O) groups excluding carboxylic acids is 1. The van der Waals surface area contributed by atoms with Crippen LogP contribution in [0.3, 0.4) is 0 Å². The van der Waals surface area contributed by atoms with Gasteiger partial charge in [-0.15, -0.1) is 0 Å². The van der Waals surface area contributed by atoms with E-state index in [0.717, 1.165) is 24.8 Å². The standard InChI is InChI=1S/C19H29NO3/c1-2-3-4-5-6-7-8-17(20)19(23)16-12-9-15(10-13-16)11-14-18(21)22/h9-10,12-13,17H,2-8,11,14,20H2,1H3,(H,21,22). The zero-order chi connectivity index (χ0) is 17.1. The van der Waals surface area contributed by atoms with Crippen molar-refractivity contribution in [3.63, 3.8) is 0 Å². The zero-order valence-electron chi connectivity index (χ0n) is 14.1. The van der Waals surface area contributed by atoms with Crippen LogP contribution >= 0.6 is 0 Å². The first kappa shape index (κ1) is 19.4. The number of nitrogens with two attached hydrogens (primary N) is 1. The molecule has 1 atom stereocenters. The SMILES string of the molecule is CCCCCCCCC(N)C(=O)c1ccc(CCC(=O)O)cc1. The maximum absolute atomic E-state index is 12.3. The predicted molar refractivity (Wildman–Crippen MR) is 92.7 cm³/mol. The Morgan fingerprint density at radius 3 is 2.26 bits per heavy atom. The van der Waals surface area contributed by atoms with Gasteiger partial charge in [-0.3, -0.25) is 9.59 Å². The number of carboxylic acids is 1. The van der Waals surface area contributed by atoms with E-state index in [9.17, 15) is 9.59 Å². The highest BCUT2D eigenvalue weighted by Gasteiger charge is 2.15. The highest BCUT2D eigenvalue weighted by Crippen LogP contribution is 2.13. The molecule has 0 heterocycles. The molecule has 0 amide bonds. The van der Waals surface area contributed by atoms with Gasteiger partial charge in [-0.05, 0) is 18.4 Å². The van der Waals surface area contributed by atoms with Crippen molar-refractivity contribution in [3.8, 4) is 0 Å². The summed E-state index contributed by atoms with van der Waals surface area (Å²) in [5.41, 5.74) is 7.54. The van der Waals surface area contributed by atoms with Gasteiger partial charge in [0.25, 0.3) is 0 Å². The number of hydrogen-bond acceptors (Lipinski definition) is 3. The molecule has 3 N–H and O–H groups in total. The number of rotatable bonds is 12. The Morgan fingerprint density at radius 1 is 1.04 bits per heavy atom. The third kappa shape index (κ3) is 7.93. The van der Waals surface area contributed by atoms with Crippen molar-refractivity contribution in [1.29, 1.82) is 0 Å². The summed E-state index contributed by atoms with van der Waals surface area (Å²) in [4.78, 5) is 22.8. The Kier molecular flexibility index (Phi) is 9.22. The van der Waals surface area contributed by atoms with E-state index in [2.05, 4.69) is 6.92 Å². The largest absolute Gasteiger partial charge is 0.481 e. The molecule has 1 aromatic rings. The van der Waals surface area contributed by atoms with E-state index < -0.39 is 12.0 Å². The number of carbonyl (C=O) groups is 2. The normalized spacial score (nSPS) is 12.1. The van der Waals surface area contributed by atoms with Crippen LogP contribution in [0.4, 0.5) is 0 Å². The van der Waals surface area contributed by atoms with Crippen LogP contribution in [0.2, 0.25) is 0 Å². The minimum atomic E-state index is -0.814. The summed E-state index contributed by atoms with van der Waals surface area (Å²) < 4.78 is 0. The highest BCUT2D eigenvalue weighted by atomic mass is 16.4. The van der Waals surface area contributed by atoms with Crippen molar-refractivity contribution in [2.45, 2.75) is 70.8 Å². The third-order valence-electron chi connectivity index (χ3n) is 4.07. The van der Waals surface area contributed by atoms with Crippen LogP contribution in [0.1, 0.15) is 74.2 Å². The molecule has 1 rings (SSSR count). The fourth-order valence-corrected chi connectivity index (χ4v) is 2.58. The van der Waals surface area contributed by atoms with E-state index in [-0.39, 0.29) is 12.2 Å². The summed E-state index contributed by atoms with van der Waals surface area (Å²) in [6.45, 7) is 2.20. The van der Waals surface area contributed by atoms with Gasteiger partial charge in [0.1, 0.15) is 0 Å². The van der Waals surface area contributed by atoms with E-state index in [1.807, 2.05) is 12.1 Å². The van der Waals surface area contributed by atoms with Crippen LogP contribution < -0.4 is 5.73 Å². The van der Waals surface area contributed by atoms with Gasteiger partial charge < -0.3 is 10.8 Å². The van der Waals surface area contributed by atoms with Gasteiger partial charge in [0.05, 0.1) is 6.04 Å². The lowest BCUT2D eigenvalue weighted by molar-refractivity contribution is -0.136. The smallest absolute Gasteiger partial charge is 0.303 e. The quantitative estimate of drug-likeness (QED) is 0.451. The van der Waals surface area contributed by atoms with Gasteiger partial charge in [-0.2, -0.15) is 0 Å². The maximum Gasteiger partial charge on any atom is 0.303 e. The van der Waals surface area contributed by atoms with E-state index in [1.165, 1.54) is 25.7 Å². The predicted octanol–water partition coefficient (Wildman–Crippen LogP) is 3.96. The van der Waals surface area contributed by atoms with Gasteiger partial charge in [0.2, 0.25) is 0 Å². The summed E-state index contributed by atoms with van der Waals surface area (Å²) >= 11 is 0. The van der Waals surface area contributed by atoms with Crippen molar-refractivity contribution in [2.75, 3.05) is 0 Å². The molecule has 23 heavy (non-hydrogen) atoms. The molecular formula is C19H29NO3. The van der Waals surface area contributed by atoms with Crippen LogP contribution in [0.15, 0.2) is 24.3 Å². The highest BCUT2D eigenvalue weighted by molar-refractivity contribution is 5.99. The van der Waals surface area contributed by atoms with Crippen LogP contribution in [0.5, 0.6) is 0 Å². The summed E-state index contributed by atoms with van der Waals surface area (Å²) in [7, 11) is 0. The molecule has 1 unspecified atom stereocenters. The number of aliphatic carboxylic acids is 1. The fraction of sp³-hybridized carbons (Fsp3) is 0.579. The Hall–Kier alpha value is -1.68. The summed E-state index contributed by atoms with van der Waals surface area (Å²) in [6.07, 6.45) is 8.43. The molecule has 0 bridgehead atoms. The molecule has 1 aromatic carbocycles. The maximum atomic E-state index is 12.3. The molecule has 4 heteroatoms. The number of aryl methyl sites for hydroxylation is 1. The Bertz CT molecular complexity index is 482. The van der Waals surface area contributed by atoms with Gasteiger partial charge >= 0.3 is 5.97 Å². The van der Waals surface area contributed by atoms with Crippen molar-refractivity contribution in [3.05, 3.63) is 35.4 Å². The van der Waals surface area contributed by atoms with Crippen LogP contribution in [-0.2, 0) is 11.2 Å². The lowest BCUT2D eigenvalue weighted by atomic mass is 9.97. The molecule has 0 fully saturated rings. The first-order valence-corrected chi connectivity index (χ1v) is 8.65. The van der Waals surface area contributed by atoms with Crippen LogP contribution in [0, 0.1) is 0 Å². The van der Waals surface area contributed by atoms with Crippen molar-refractivity contribution >= 4 is 11.8 Å². The van der Waals surface area contributed by atoms with Crippen LogP contribution in [0.25, 0.3) is 0 Å². The zero-order valence-corrected chi connectivity index (χ0v) is 14.1. The number of ketones is 1. The second kappa shape index (κ2) is 10.9. The molecule has 0 aliphatic carbocycles. The van der Waals surface area contributed by atoms with Crippen molar-refractivity contribution in [1.82, 2.24) is 0 Å². The van der Waals surface area contributed by atoms with E-state index in [1.54, 1.807) is 12.1 Å². The average Bonchev–Trinajstić information content (AvgIpc) is 2.55. The third-order valence-corrected chi connectivity index (χ3v) is 4.07. The fourth-order valence-electron chi connectivity index (χ4n) is 2.58. The number of benzene rings is 1. The molecule has 0 radical (unpaired) electrons. The van der Waals surface area contributed by atoms with Crippen LogP contribution in [-0.4, -0.2) is 22.9 Å².